The van der Waals surface area contributed by atoms with E-state index in [9.17, 15) is 0 Å². The summed E-state index contributed by atoms with van der Waals surface area (Å²) in [7, 11) is 0. The zero-order valence-electron chi connectivity index (χ0n) is 7.33. The molecule has 0 amide bonds. The molecule has 0 saturated carbocycles. The Morgan fingerprint density at radius 3 is 2.33 bits per heavy atom. The van der Waals surface area contributed by atoms with Gasteiger partial charge in [-0.25, -0.2) is 4.85 Å². The molecule has 0 heterocycles. The van der Waals surface area contributed by atoms with Crippen LogP contribution in [0.4, 0.5) is 5.69 Å². The van der Waals surface area contributed by atoms with Gasteiger partial charge in [0.05, 0.1) is 6.57 Å². The third-order valence-electron chi connectivity index (χ3n) is 1.88. The Hall–Kier alpha value is -1.55. The van der Waals surface area contributed by atoms with Crippen molar-refractivity contribution in [3.63, 3.8) is 0 Å². The van der Waals surface area contributed by atoms with Crippen molar-refractivity contribution in [1.29, 1.82) is 0 Å². The number of hydrogen-bond donors (Lipinski definition) is 0. The Kier molecular flexibility index (Phi) is 2.66. The molecule has 0 radical (unpaired) electrons. The molecule has 12 heavy (non-hydrogen) atoms. The molecular formula is C11H11N. The minimum absolute atomic E-state index is 0.697. The van der Waals surface area contributed by atoms with Gasteiger partial charge in [-0.1, -0.05) is 30.3 Å². The molecule has 0 saturated heterocycles. The van der Waals surface area contributed by atoms with E-state index in [1.807, 2.05) is 31.2 Å². The van der Waals surface area contributed by atoms with Gasteiger partial charge in [0.25, 0.3) is 0 Å². The van der Waals surface area contributed by atoms with Crippen LogP contribution in [0.5, 0.6) is 0 Å². The van der Waals surface area contributed by atoms with E-state index in [4.69, 9.17) is 6.57 Å². The number of rotatable bonds is 1. The van der Waals surface area contributed by atoms with Crippen LogP contribution in [0.2, 0.25) is 0 Å². The van der Waals surface area contributed by atoms with Crippen LogP contribution in [-0.4, -0.2) is 0 Å². The number of benzene rings is 1. The second-order valence-electron chi connectivity index (χ2n) is 2.63. The van der Waals surface area contributed by atoms with Crippen molar-refractivity contribution in [1.82, 2.24) is 0 Å². The molecule has 60 valence electrons. The third kappa shape index (κ3) is 1.73. The van der Waals surface area contributed by atoms with Gasteiger partial charge in [-0.05, 0) is 25.0 Å². The lowest BCUT2D eigenvalue weighted by Crippen LogP contribution is -1.76. The Morgan fingerprint density at radius 2 is 1.92 bits per heavy atom. The summed E-state index contributed by atoms with van der Waals surface area (Å²) in [6, 6.07) is 7.64. The van der Waals surface area contributed by atoms with Gasteiger partial charge in [-0.3, -0.25) is 0 Å². The summed E-state index contributed by atoms with van der Waals surface area (Å²) in [4.78, 5) is 3.33. The molecule has 0 bridgehead atoms. The molecule has 0 aliphatic heterocycles. The van der Waals surface area contributed by atoms with Gasteiger partial charge in [0.1, 0.15) is 0 Å². The fraction of sp³-hybridized carbons (Fsp3) is 0.182. The lowest BCUT2D eigenvalue weighted by atomic mass is 10.1. The van der Waals surface area contributed by atoms with E-state index in [0.29, 0.717) is 5.69 Å². The first-order valence-corrected chi connectivity index (χ1v) is 3.88. The molecule has 0 fully saturated rings. The molecule has 0 spiro atoms. The number of hydrogen-bond acceptors (Lipinski definition) is 0. The Labute approximate surface area is 73.2 Å². The second-order valence-corrected chi connectivity index (χ2v) is 2.63. The first-order valence-electron chi connectivity index (χ1n) is 3.88. The molecule has 1 heteroatoms. The molecule has 1 aromatic carbocycles. The zero-order valence-corrected chi connectivity index (χ0v) is 7.33. The van der Waals surface area contributed by atoms with Crippen LogP contribution >= 0.6 is 0 Å². The van der Waals surface area contributed by atoms with Crippen LogP contribution in [0, 0.1) is 6.57 Å². The summed E-state index contributed by atoms with van der Waals surface area (Å²) in [5.41, 5.74) is 3.12. The van der Waals surface area contributed by atoms with Crippen molar-refractivity contribution in [2.24, 2.45) is 0 Å². The maximum atomic E-state index is 6.78. The zero-order chi connectivity index (χ0) is 8.97. The summed E-state index contributed by atoms with van der Waals surface area (Å²) in [5, 5.41) is 0. The van der Waals surface area contributed by atoms with E-state index in [1.54, 1.807) is 0 Å². The predicted molar refractivity (Wildman–Crippen MR) is 52.0 cm³/mol. The van der Waals surface area contributed by atoms with Crippen molar-refractivity contribution < 1.29 is 0 Å². The van der Waals surface area contributed by atoms with Gasteiger partial charge in [0.15, 0.2) is 5.69 Å². The molecule has 0 aromatic heterocycles. The lowest BCUT2D eigenvalue weighted by Gasteiger charge is -1.99. The summed E-state index contributed by atoms with van der Waals surface area (Å²) in [6.07, 6.45) is 2.06. The highest BCUT2D eigenvalue weighted by Crippen LogP contribution is 2.18. The third-order valence-corrected chi connectivity index (χ3v) is 1.88. The van der Waals surface area contributed by atoms with Crippen LogP contribution in [0.15, 0.2) is 30.3 Å². The average molecular weight is 157 g/mol. The topological polar surface area (TPSA) is 4.36 Å². The maximum absolute atomic E-state index is 6.78. The molecule has 1 aromatic rings. The van der Waals surface area contributed by atoms with Crippen LogP contribution in [0.3, 0.4) is 0 Å². The van der Waals surface area contributed by atoms with E-state index in [-0.39, 0.29) is 0 Å². The van der Waals surface area contributed by atoms with Gasteiger partial charge in [0.2, 0.25) is 0 Å². The highest BCUT2D eigenvalue weighted by molar-refractivity contribution is 5.65. The molecule has 0 unspecified atom stereocenters. The maximum Gasteiger partial charge on any atom is 0.187 e. The quantitative estimate of drug-likeness (QED) is 0.548. The molecule has 1 nitrogen and oxygen atoms in total. The minimum atomic E-state index is 0.697. The van der Waals surface area contributed by atoms with E-state index in [1.165, 1.54) is 11.1 Å². The van der Waals surface area contributed by atoms with Crippen LogP contribution in [0.25, 0.3) is 10.4 Å². The summed E-state index contributed by atoms with van der Waals surface area (Å²) in [5.74, 6) is 0. The van der Waals surface area contributed by atoms with Crippen molar-refractivity contribution >= 4 is 11.3 Å². The summed E-state index contributed by atoms with van der Waals surface area (Å²) >= 11 is 0. The number of allylic oxidation sites excluding steroid dienone is 2. The normalized spacial score (nSPS) is 10.9. The van der Waals surface area contributed by atoms with Gasteiger partial charge >= 0.3 is 0 Å². The fourth-order valence-electron chi connectivity index (χ4n) is 0.966. The van der Waals surface area contributed by atoms with Crippen molar-refractivity contribution in [3.8, 4) is 0 Å². The molecular weight excluding hydrogens is 146 g/mol. The van der Waals surface area contributed by atoms with Crippen molar-refractivity contribution in [2.45, 2.75) is 13.8 Å². The summed E-state index contributed by atoms with van der Waals surface area (Å²) in [6.45, 7) is 10.9. The van der Waals surface area contributed by atoms with Gasteiger partial charge in [-0.15, -0.1) is 0 Å². The molecule has 0 aliphatic rings. The Bertz CT molecular complexity index is 325. The molecule has 1 rings (SSSR count). The first-order chi connectivity index (χ1) is 5.77. The molecule has 0 N–H and O–H groups in total. The monoisotopic (exact) mass is 157 g/mol. The molecule has 0 atom stereocenters. The first kappa shape index (κ1) is 8.55. The van der Waals surface area contributed by atoms with Crippen LogP contribution in [-0.2, 0) is 0 Å². The lowest BCUT2D eigenvalue weighted by molar-refractivity contribution is 1.55. The minimum Gasteiger partial charge on any atom is -0.238 e. The van der Waals surface area contributed by atoms with Gasteiger partial charge in [0, 0.05) is 0 Å². The molecule has 0 aliphatic carbocycles. The second kappa shape index (κ2) is 3.73. The van der Waals surface area contributed by atoms with Crippen molar-refractivity contribution in [3.05, 3.63) is 47.3 Å². The smallest absolute Gasteiger partial charge is 0.187 e. The Balaban J connectivity index is 3.02. The van der Waals surface area contributed by atoms with Crippen LogP contribution < -0.4 is 0 Å². The average Bonchev–Trinajstić information content (AvgIpc) is 2.17. The highest BCUT2D eigenvalue weighted by atomic mass is 14.6. The van der Waals surface area contributed by atoms with E-state index >= 15 is 0 Å². The highest BCUT2D eigenvalue weighted by Gasteiger charge is 1.93. The SMILES string of the molecule is [C-]#[N+]c1ccc(/C(C)=C\C)cc1. The van der Waals surface area contributed by atoms with E-state index in [0.717, 1.165) is 0 Å². The number of nitrogens with zero attached hydrogens (tertiary/aromatic N) is 1. The summed E-state index contributed by atoms with van der Waals surface area (Å²) < 4.78 is 0. The fourth-order valence-corrected chi connectivity index (χ4v) is 0.966. The van der Waals surface area contributed by atoms with Gasteiger partial charge < -0.3 is 0 Å². The standard InChI is InChI=1S/C11H11N/c1-4-9(2)10-5-7-11(12-3)8-6-10/h4-8H,1-2H3/b9-4-. The van der Waals surface area contributed by atoms with Crippen molar-refractivity contribution in [2.75, 3.05) is 0 Å². The van der Waals surface area contributed by atoms with E-state index in [2.05, 4.69) is 17.8 Å². The van der Waals surface area contributed by atoms with E-state index < -0.39 is 0 Å². The Morgan fingerprint density at radius 1 is 1.33 bits per heavy atom. The van der Waals surface area contributed by atoms with Gasteiger partial charge in [-0.2, -0.15) is 0 Å². The van der Waals surface area contributed by atoms with Crippen LogP contribution in [0.1, 0.15) is 19.4 Å². The largest absolute Gasteiger partial charge is 0.238 e. The predicted octanol–water partition coefficient (Wildman–Crippen LogP) is 3.66.